The van der Waals surface area contributed by atoms with Gasteiger partial charge in [-0.2, -0.15) is 0 Å². The van der Waals surface area contributed by atoms with Gasteiger partial charge in [0, 0.05) is 16.7 Å². The predicted molar refractivity (Wildman–Crippen MR) is 43.3 cm³/mol. The molecule has 50 valence electrons. The molecule has 1 heterocycles. The van der Waals surface area contributed by atoms with Gasteiger partial charge in [-0.15, -0.1) is 0 Å². The van der Waals surface area contributed by atoms with Crippen molar-refractivity contribution in [2.24, 2.45) is 0 Å². The van der Waals surface area contributed by atoms with E-state index in [0.717, 1.165) is 10.9 Å². The standard InChI is InChI=1S/C8H6ClN/c9-7-2-1-6-3-4-10-8(6)5-7/h1-5,10H/i3D. The van der Waals surface area contributed by atoms with E-state index in [-0.39, 0.29) is 0 Å². The Bertz CT molecular complexity index is 394. The van der Waals surface area contributed by atoms with Crippen molar-refractivity contribution in [2.75, 3.05) is 0 Å². The van der Waals surface area contributed by atoms with Crippen molar-refractivity contribution in [1.82, 2.24) is 4.98 Å². The SMILES string of the molecule is [2H]c1c[nH]c2cc(Cl)ccc12. The third kappa shape index (κ3) is 0.792. The van der Waals surface area contributed by atoms with Crippen molar-refractivity contribution in [3.8, 4) is 0 Å². The molecule has 0 fully saturated rings. The summed E-state index contributed by atoms with van der Waals surface area (Å²) < 4.78 is 7.44. The van der Waals surface area contributed by atoms with Gasteiger partial charge >= 0.3 is 0 Å². The van der Waals surface area contributed by atoms with Crippen LogP contribution in [0.5, 0.6) is 0 Å². The number of hydrogen-bond acceptors (Lipinski definition) is 0. The van der Waals surface area contributed by atoms with E-state index in [2.05, 4.69) is 4.98 Å². The van der Waals surface area contributed by atoms with Crippen molar-refractivity contribution < 1.29 is 1.37 Å². The molecular formula is C8H6ClN. The van der Waals surface area contributed by atoms with Crippen LogP contribution >= 0.6 is 11.6 Å². The fraction of sp³-hybridized carbons (Fsp3) is 0. The quantitative estimate of drug-likeness (QED) is 0.598. The first-order chi connectivity index (χ1) is 5.27. The first kappa shape index (κ1) is 4.80. The maximum absolute atomic E-state index is 7.44. The van der Waals surface area contributed by atoms with Gasteiger partial charge < -0.3 is 4.98 Å². The highest BCUT2D eigenvalue weighted by atomic mass is 35.5. The lowest BCUT2D eigenvalue weighted by Crippen LogP contribution is -1.65. The summed E-state index contributed by atoms with van der Waals surface area (Å²) in [5, 5.41) is 1.61. The molecule has 1 N–H and O–H groups in total. The van der Waals surface area contributed by atoms with Crippen LogP contribution in [0.2, 0.25) is 5.02 Å². The molecule has 0 radical (unpaired) electrons. The Hall–Kier alpha value is -0.950. The molecule has 1 aromatic carbocycles. The fourth-order valence-corrected chi connectivity index (χ4v) is 1.13. The molecule has 0 atom stereocenters. The third-order valence-electron chi connectivity index (χ3n) is 1.44. The average Bonchev–Trinajstić information content (AvgIpc) is 2.32. The smallest absolute Gasteiger partial charge is 0.0645 e. The summed E-state index contributed by atoms with van der Waals surface area (Å²) in [6.45, 7) is 0. The van der Waals surface area contributed by atoms with Crippen LogP contribution in [0.4, 0.5) is 0 Å². The number of aromatic amines is 1. The topological polar surface area (TPSA) is 15.8 Å². The van der Waals surface area contributed by atoms with Crippen molar-refractivity contribution in [3.05, 3.63) is 35.5 Å². The summed E-state index contributed by atoms with van der Waals surface area (Å²) >= 11 is 5.75. The van der Waals surface area contributed by atoms with Crippen LogP contribution in [0, 0.1) is 0 Å². The summed E-state index contributed by atoms with van der Waals surface area (Å²) in [5.41, 5.74) is 0.919. The van der Waals surface area contributed by atoms with Crippen LogP contribution in [-0.4, -0.2) is 4.98 Å². The van der Waals surface area contributed by atoms with Crippen molar-refractivity contribution >= 4 is 22.5 Å². The van der Waals surface area contributed by atoms with Crippen LogP contribution in [-0.2, 0) is 0 Å². The highest BCUT2D eigenvalue weighted by molar-refractivity contribution is 6.31. The number of halogens is 1. The van der Waals surface area contributed by atoms with Gasteiger partial charge in [0.05, 0.1) is 1.37 Å². The zero-order valence-electron chi connectivity index (χ0n) is 6.19. The number of rotatable bonds is 0. The zero-order valence-corrected chi connectivity index (χ0v) is 5.94. The molecule has 0 bridgehead atoms. The lowest BCUT2D eigenvalue weighted by atomic mass is 10.2. The van der Waals surface area contributed by atoms with Crippen LogP contribution in [0.3, 0.4) is 0 Å². The van der Waals surface area contributed by atoms with E-state index < -0.39 is 0 Å². The van der Waals surface area contributed by atoms with Gasteiger partial charge in [0.15, 0.2) is 0 Å². The van der Waals surface area contributed by atoms with Gasteiger partial charge in [-0.1, -0.05) is 17.7 Å². The second kappa shape index (κ2) is 2.03. The van der Waals surface area contributed by atoms with Crippen molar-refractivity contribution in [1.29, 1.82) is 0 Å². The summed E-state index contributed by atoms with van der Waals surface area (Å²) in [6, 6.07) is 5.96. The van der Waals surface area contributed by atoms with E-state index in [4.69, 9.17) is 13.0 Å². The molecule has 0 saturated heterocycles. The van der Waals surface area contributed by atoms with Gasteiger partial charge in [0.2, 0.25) is 0 Å². The summed E-state index contributed by atoms with van der Waals surface area (Å²) in [4.78, 5) is 2.96. The Kier molecular flexibility index (Phi) is 0.974. The Morgan fingerprint density at radius 2 is 2.40 bits per heavy atom. The summed E-state index contributed by atoms with van der Waals surface area (Å²) in [6.07, 6.45) is 1.65. The molecule has 0 aliphatic heterocycles. The van der Waals surface area contributed by atoms with E-state index in [1.54, 1.807) is 12.3 Å². The second-order valence-electron chi connectivity index (χ2n) is 2.12. The average molecular weight is 153 g/mol. The molecule has 0 aliphatic carbocycles. The Balaban J connectivity index is 2.86. The minimum absolute atomic E-state index is 0.511. The Morgan fingerprint density at radius 1 is 1.50 bits per heavy atom. The normalized spacial score (nSPS) is 11.9. The predicted octanol–water partition coefficient (Wildman–Crippen LogP) is 2.82. The largest absolute Gasteiger partial charge is 0.361 e. The van der Waals surface area contributed by atoms with E-state index in [1.165, 1.54) is 0 Å². The van der Waals surface area contributed by atoms with E-state index in [1.807, 2.05) is 12.1 Å². The monoisotopic (exact) mass is 152 g/mol. The molecule has 2 rings (SSSR count). The highest BCUT2D eigenvalue weighted by Crippen LogP contribution is 2.16. The molecule has 0 spiro atoms. The number of H-pyrrole nitrogens is 1. The van der Waals surface area contributed by atoms with Crippen molar-refractivity contribution in [2.45, 2.75) is 0 Å². The molecule has 2 heteroatoms. The highest BCUT2D eigenvalue weighted by Gasteiger charge is 1.92. The number of nitrogens with one attached hydrogen (secondary N) is 1. The second-order valence-corrected chi connectivity index (χ2v) is 2.56. The van der Waals surface area contributed by atoms with Gasteiger partial charge in [0.25, 0.3) is 0 Å². The zero-order chi connectivity index (χ0) is 7.84. The summed E-state index contributed by atoms with van der Waals surface area (Å²) in [5.74, 6) is 0. The Morgan fingerprint density at radius 3 is 3.30 bits per heavy atom. The molecule has 0 unspecified atom stereocenters. The van der Waals surface area contributed by atoms with Gasteiger partial charge in [-0.25, -0.2) is 0 Å². The minimum Gasteiger partial charge on any atom is -0.361 e. The molecule has 0 saturated carbocycles. The lowest BCUT2D eigenvalue weighted by molar-refractivity contribution is 1.48. The van der Waals surface area contributed by atoms with Crippen LogP contribution in [0.15, 0.2) is 30.4 Å². The number of benzene rings is 1. The van der Waals surface area contributed by atoms with E-state index in [9.17, 15) is 0 Å². The van der Waals surface area contributed by atoms with Crippen LogP contribution < -0.4 is 0 Å². The minimum atomic E-state index is 0.511. The molecule has 2 aromatic rings. The van der Waals surface area contributed by atoms with Gasteiger partial charge in [-0.05, 0) is 23.6 Å². The van der Waals surface area contributed by atoms with Crippen LogP contribution in [0.1, 0.15) is 1.37 Å². The van der Waals surface area contributed by atoms with E-state index >= 15 is 0 Å². The van der Waals surface area contributed by atoms with E-state index in [0.29, 0.717) is 11.1 Å². The maximum Gasteiger partial charge on any atom is 0.0645 e. The van der Waals surface area contributed by atoms with Gasteiger partial charge in [-0.3, -0.25) is 0 Å². The molecular weight excluding hydrogens is 146 g/mol. The molecule has 0 amide bonds. The number of fused-ring (bicyclic) bond motifs is 1. The molecule has 10 heavy (non-hydrogen) atoms. The number of aromatic nitrogens is 1. The van der Waals surface area contributed by atoms with Crippen LogP contribution in [0.25, 0.3) is 10.9 Å². The molecule has 0 aliphatic rings. The van der Waals surface area contributed by atoms with Crippen molar-refractivity contribution in [3.63, 3.8) is 0 Å². The van der Waals surface area contributed by atoms with Gasteiger partial charge in [0.1, 0.15) is 0 Å². The third-order valence-corrected chi connectivity index (χ3v) is 1.67. The maximum atomic E-state index is 7.44. The first-order valence-corrected chi connectivity index (χ1v) is 3.38. The molecule has 1 aromatic heterocycles. The first-order valence-electron chi connectivity index (χ1n) is 3.50. The number of hydrogen-bond donors (Lipinski definition) is 1. The lowest BCUT2D eigenvalue weighted by Gasteiger charge is -1.88. The molecule has 1 nitrogen and oxygen atoms in total. The Labute approximate surface area is 65.0 Å². The fourth-order valence-electron chi connectivity index (χ4n) is 0.953. The summed E-state index contributed by atoms with van der Waals surface area (Å²) in [7, 11) is 0.